The fraction of sp³-hybridized carbons (Fsp3) is 0.727. The van der Waals surface area contributed by atoms with E-state index in [1.807, 2.05) is 0 Å². The summed E-state index contributed by atoms with van der Waals surface area (Å²) >= 11 is 0. The van der Waals surface area contributed by atoms with E-state index in [4.69, 9.17) is 0 Å². The third-order valence-corrected chi connectivity index (χ3v) is 3.94. The summed E-state index contributed by atoms with van der Waals surface area (Å²) in [4.78, 5) is 10.9. The molecule has 1 atom stereocenters. The maximum Gasteiger partial charge on any atom is 0.330 e. The number of unbranched alkanes of at least 4 members (excludes halogenated alkanes) is 2. The number of hydrogen-bond acceptors (Lipinski definition) is 2. The molecular formula is C11H19F5O2S. The monoisotopic (exact) mass is 310 g/mol. The van der Waals surface area contributed by atoms with E-state index in [1.165, 1.54) is 6.92 Å². The molecule has 0 aliphatic carbocycles. The Bertz CT molecular complexity index is 335. The molecule has 0 saturated heterocycles. The molecule has 0 spiro atoms. The summed E-state index contributed by atoms with van der Waals surface area (Å²) in [6.45, 7) is 3.19. The molecule has 0 amide bonds. The third kappa shape index (κ3) is 8.07. The minimum Gasteiger partial charge on any atom is -0.463 e. The number of carbonyl (C=O) groups is 1. The first-order chi connectivity index (χ1) is 8.40. The van der Waals surface area contributed by atoms with Gasteiger partial charge in [-0.15, -0.1) is 0 Å². The molecule has 1 unspecified atom stereocenters. The molecule has 0 bridgehead atoms. The molecule has 0 aromatic rings. The van der Waals surface area contributed by atoms with Crippen LogP contribution in [0, 0.1) is 0 Å². The number of rotatable bonds is 8. The van der Waals surface area contributed by atoms with Crippen LogP contribution < -0.4 is 0 Å². The summed E-state index contributed by atoms with van der Waals surface area (Å²) in [5.74, 6) is -1.05. The number of hydrogen-bond donors (Lipinski definition) is 0. The smallest absolute Gasteiger partial charge is 0.330 e. The van der Waals surface area contributed by atoms with Gasteiger partial charge in [0.2, 0.25) is 0 Å². The molecule has 116 valence electrons. The molecule has 2 nitrogen and oxygen atoms in total. The van der Waals surface area contributed by atoms with Crippen molar-refractivity contribution in [2.24, 2.45) is 0 Å². The standard InChI is InChI=1S/C11H19F5O2S/c1-3-5-6-7-10(19(12,13,14,15)16)8-9-11(17)18-4-2/h8-10H,3-7H2,1-2H3. The second kappa shape index (κ2) is 5.68. The van der Waals surface area contributed by atoms with Gasteiger partial charge in [-0.25, -0.2) is 4.79 Å². The van der Waals surface area contributed by atoms with E-state index in [-0.39, 0.29) is 19.1 Å². The second-order valence-electron chi connectivity index (χ2n) is 4.17. The molecule has 0 saturated carbocycles. The van der Waals surface area contributed by atoms with Gasteiger partial charge in [-0.3, -0.25) is 0 Å². The molecule has 8 heteroatoms. The lowest BCUT2D eigenvalue weighted by atomic mass is 10.1. The number of carbonyl (C=O) groups excluding carboxylic acids is 1. The summed E-state index contributed by atoms with van der Waals surface area (Å²) in [5, 5.41) is -2.88. The molecule has 0 aliphatic heterocycles. The molecule has 0 rings (SSSR count). The molecule has 0 aromatic heterocycles. The van der Waals surface area contributed by atoms with Crippen molar-refractivity contribution in [2.45, 2.75) is 44.8 Å². The molecule has 19 heavy (non-hydrogen) atoms. The van der Waals surface area contributed by atoms with E-state index in [0.717, 1.165) is 0 Å². The van der Waals surface area contributed by atoms with Crippen LogP contribution in [0.15, 0.2) is 12.2 Å². The van der Waals surface area contributed by atoms with E-state index in [0.29, 0.717) is 18.9 Å². The van der Waals surface area contributed by atoms with Crippen molar-refractivity contribution in [3.8, 4) is 0 Å². The Labute approximate surface area is 109 Å². The van der Waals surface area contributed by atoms with E-state index in [2.05, 4.69) is 4.74 Å². The van der Waals surface area contributed by atoms with E-state index in [1.54, 1.807) is 6.92 Å². The van der Waals surface area contributed by atoms with Crippen molar-refractivity contribution in [1.82, 2.24) is 0 Å². The zero-order valence-electron chi connectivity index (χ0n) is 10.9. The van der Waals surface area contributed by atoms with E-state index in [9.17, 15) is 24.2 Å². The summed E-state index contributed by atoms with van der Waals surface area (Å²) < 4.78 is 68.1. The highest BCUT2D eigenvalue weighted by atomic mass is 32.5. The van der Waals surface area contributed by atoms with Gasteiger partial charge in [0.25, 0.3) is 10.2 Å². The fourth-order valence-electron chi connectivity index (χ4n) is 1.44. The average molecular weight is 310 g/mol. The zero-order valence-corrected chi connectivity index (χ0v) is 11.7. The molecule has 0 N–H and O–H groups in total. The van der Waals surface area contributed by atoms with Crippen LogP contribution >= 0.6 is 10.2 Å². The van der Waals surface area contributed by atoms with E-state index < -0.39 is 27.9 Å². The minimum absolute atomic E-state index is 0.0277. The van der Waals surface area contributed by atoms with Gasteiger partial charge < -0.3 is 4.74 Å². The maximum absolute atomic E-state index is 12.7. The predicted molar refractivity (Wildman–Crippen MR) is 66.8 cm³/mol. The molecule has 0 aromatic carbocycles. The molecule has 0 heterocycles. The van der Waals surface area contributed by atoms with E-state index >= 15 is 0 Å². The van der Waals surface area contributed by atoms with Crippen LogP contribution in [-0.4, -0.2) is 17.8 Å². The Hall–Kier alpha value is -0.790. The Kier molecular flexibility index (Phi) is 5.45. The fourth-order valence-corrected chi connectivity index (χ4v) is 2.43. The lowest BCUT2D eigenvalue weighted by molar-refractivity contribution is -0.137. The van der Waals surface area contributed by atoms with Crippen LogP contribution in [0.1, 0.15) is 39.5 Å². The Balaban J connectivity index is 4.95. The van der Waals surface area contributed by atoms with Gasteiger partial charge in [-0.05, 0) is 13.3 Å². The summed E-state index contributed by atoms with van der Waals surface area (Å²) in [6.07, 6.45) is 1.00. The first-order valence-electron chi connectivity index (χ1n) is 5.98. The van der Waals surface area contributed by atoms with Crippen LogP contribution in [0.2, 0.25) is 0 Å². The van der Waals surface area contributed by atoms with Crippen molar-refractivity contribution >= 4 is 16.2 Å². The van der Waals surface area contributed by atoms with Crippen LogP contribution in [0.5, 0.6) is 0 Å². The third-order valence-electron chi connectivity index (χ3n) is 2.40. The molecule has 0 fully saturated rings. The Morgan fingerprint density at radius 1 is 1.16 bits per heavy atom. The van der Waals surface area contributed by atoms with Crippen molar-refractivity contribution in [2.75, 3.05) is 6.61 Å². The van der Waals surface area contributed by atoms with Crippen molar-refractivity contribution in [3.05, 3.63) is 12.2 Å². The normalized spacial score (nSPS) is 17.8. The highest BCUT2D eigenvalue weighted by Gasteiger charge is 2.68. The van der Waals surface area contributed by atoms with Crippen LogP contribution in [0.3, 0.4) is 0 Å². The SMILES string of the molecule is CCCCCC(C=CC(=O)OCC)S(F)(F)(F)(F)F. The lowest BCUT2D eigenvalue weighted by Gasteiger charge is -2.46. The molecular weight excluding hydrogens is 291 g/mol. The summed E-state index contributed by atoms with van der Waals surface area (Å²) in [7, 11) is -9.63. The van der Waals surface area contributed by atoms with Crippen molar-refractivity contribution in [3.63, 3.8) is 0 Å². The molecule has 0 radical (unpaired) electrons. The zero-order chi connectivity index (χ0) is 15.2. The van der Waals surface area contributed by atoms with Gasteiger partial charge in [0.1, 0.15) is 5.25 Å². The quantitative estimate of drug-likeness (QED) is 0.261. The first kappa shape index (κ1) is 18.2. The van der Waals surface area contributed by atoms with Gasteiger partial charge in [-0.1, -0.05) is 51.7 Å². The van der Waals surface area contributed by atoms with Gasteiger partial charge in [-0.2, -0.15) is 0 Å². The summed E-state index contributed by atoms with van der Waals surface area (Å²) in [6, 6.07) is 0. The predicted octanol–water partition coefficient (Wildman–Crippen LogP) is 5.35. The number of halogens is 5. The lowest BCUT2D eigenvalue weighted by Crippen LogP contribution is -2.23. The minimum atomic E-state index is -9.63. The molecule has 0 aliphatic rings. The van der Waals surface area contributed by atoms with Gasteiger partial charge in [0.05, 0.1) is 6.61 Å². The first-order valence-corrected chi connectivity index (χ1v) is 8.00. The highest BCUT2D eigenvalue weighted by molar-refractivity contribution is 8.46. The highest BCUT2D eigenvalue weighted by Crippen LogP contribution is 3.00. The van der Waals surface area contributed by atoms with Gasteiger partial charge in [0, 0.05) is 6.08 Å². The van der Waals surface area contributed by atoms with Crippen LogP contribution in [0.25, 0.3) is 0 Å². The van der Waals surface area contributed by atoms with Crippen molar-refractivity contribution in [1.29, 1.82) is 0 Å². The summed E-state index contributed by atoms with van der Waals surface area (Å²) in [5.41, 5.74) is 0. The van der Waals surface area contributed by atoms with Gasteiger partial charge in [0.15, 0.2) is 0 Å². The topological polar surface area (TPSA) is 26.3 Å². The van der Waals surface area contributed by atoms with Crippen LogP contribution in [-0.2, 0) is 9.53 Å². The number of esters is 1. The van der Waals surface area contributed by atoms with Crippen molar-refractivity contribution < 1.29 is 29.0 Å². The Morgan fingerprint density at radius 2 is 1.74 bits per heavy atom. The maximum atomic E-state index is 12.7. The van der Waals surface area contributed by atoms with Crippen LogP contribution in [0.4, 0.5) is 19.4 Å². The average Bonchev–Trinajstić information content (AvgIpc) is 2.19. The number of ether oxygens (including phenoxy) is 1. The largest absolute Gasteiger partial charge is 0.463 e. The second-order valence-corrected chi connectivity index (χ2v) is 6.84. The Morgan fingerprint density at radius 3 is 2.16 bits per heavy atom. The van der Waals surface area contributed by atoms with Gasteiger partial charge >= 0.3 is 5.97 Å².